The first-order valence-electron chi connectivity index (χ1n) is 6.60. The minimum absolute atomic E-state index is 0.0656. The van der Waals surface area contributed by atoms with Gasteiger partial charge in [-0.25, -0.2) is 0 Å². The number of fused-ring (bicyclic) bond motifs is 1. The van der Waals surface area contributed by atoms with E-state index in [-0.39, 0.29) is 5.91 Å². The number of piperidine rings is 1. The summed E-state index contributed by atoms with van der Waals surface area (Å²) in [5.74, 6) is 1.18. The SMILES string of the molecule is C[C@@H]1C[C@@H](C)CN(C(=O)c2ccc3nnnn3c2)C1. The molecule has 6 nitrogen and oxygen atoms in total. The molecule has 0 saturated carbocycles. The van der Waals surface area contributed by atoms with Crippen LogP contribution in [0.2, 0.25) is 0 Å². The van der Waals surface area contributed by atoms with Crippen molar-refractivity contribution in [1.82, 2.24) is 24.9 Å². The van der Waals surface area contributed by atoms with E-state index in [0.717, 1.165) is 13.1 Å². The average Bonchev–Trinajstić information content (AvgIpc) is 2.83. The van der Waals surface area contributed by atoms with Gasteiger partial charge in [0.05, 0.1) is 5.56 Å². The zero-order chi connectivity index (χ0) is 13.4. The fourth-order valence-corrected chi connectivity index (χ4v) is 2.88. The van der Waals surface area contributed by atoms with Crippen LogP contribution in [-0.4, -0.2) is 43.9 Å². The van der Waals surface area contributed by atoms with E-state index in [2.05, 4.69) is 29.4 Å². The van der Waals surface area contributed by atoms with E-state index in [1.54, 1.807) is 18.3 Å². The summed E-state index contributed by atoms with van der Waals surface area (Å²) in [5.41, 5.74) is 1.29. The van der Waals surface area contributed by atoms with E-state index in [9.17, 15) is 4.79 Å². The molecule has 0 bridgehead atoms. The topological polar surface area (TPSA) is 63.4 Å². The standard InChI is InChI=1S/C13H17N5O/c1-9-5-10(2)7-17(6-9)13(19)11-3-4-12-14-15-16-18(12)8-11/h3-4,8-10H,5-7H2,1-2H3/t9-,10-/m1/s1. The Balaban J connectivity index is 1.86. The highest BCUT2D eigenvalue weighted by molar-refractivity contribution is 5.94. The maximum absolute atomic E-state index is 12.5. The number of amides is 1. The van der Waals surface area contributed by atoms with Crippen molar-refractivity contribution in [3.63, 3.8) is 0 Å². The molecular weight excluding hydrogens is 242 g/mol. The first-order valence-corrected chi connectivity index (χ1v) is 6.60. The number of nitrogens with zero attached hydrogens (tertiary/aromatic N) is 5. The molecular formula is C13H17N5O. The Morgan fingerprint density at radius 2 is 2.00 bits per heavy atom. The van der Waals surface area contributed by atoms with Gasteiger partial charge in [0.15, 0.2) is 5.65 Å². The molecule has 6 heteroatoms. The highest BCUT2D eigenvalue weighted by atomic mass is 16.2. The molecule has 3 rings (SSSR count). The van der Waals surface area contributed by atoms with E-state index < -0.39 is 0 Å². The van der Waals surface area contributed by atoms with E-state index in [0.29, 0.717) is 23.0 Å². The zero-order valence-electron chi connectivity index (χ0n) is 11.2. The van der Waals surface area contributed by atoms with E-state index in [1.807, 2.05) is 4.90 Å². The fraction of sp³-hybridized carbons (Fsp3) is 0.538. The monoisotopic (exact) mass is 259 g/mol. The first-order chi connectivity index (χ1) is 9.13. The lowest BCUT2D eigenvalue weighted by atomic mass is 9.91. The van der Waals surface area contributed by atoms with Crippen LogP contribution < -0.4 is 0 Å². The van der Waals surface area contributed by atoms with Gasteiger partial charge in [0.2, 0.25) is 0 Å². The maximum Gasteiger partial charge on any atom is 0.255 e. The van der Waals surface area contributed by atoms with Gasteiger partial charge >= 0.3 is 0 Å². The van der Waals surface area contributed by atoms with Crippen LogP contribution in [0, 0.1) is 11.8 Å². The lowest BCUT2D eigenvalue weighted by Gasteiger charge is -2.35. The van der Waals surface area contributed by atoms with Gasteiger partial charge in [-0.3, -0.25) is 4.79 Å². The van der Waals surface area contributed by atoms with E-state index >= 15 is 0 Å². The number of carbonyl (C=O) groups excluding carboxylic acids is 1. The van der Waals surface area contributed by atoms with Crippen LogP contribution in [0.5, 0.6) is 0 Å². The number of tetrazole rings is 1. The van der Waals surface area contributed by atoms with Crippen molar-refractivity contribution >= 4 is 11.6 Å². The predicted octanol–water partition coefficient (Wildman–Crippen LogP) is 1.24. The Labute approximate surface area is 111 Å². The smallest absolute Gasteiger partial charge is 0.255 e. The predicted molar refractivity (Wildman–Crippen MR) is 69.6 cm³/mol. The molecule has 19 heavy (non-hydrogen) atoms. The van der Waals surface area contributed by atoms with Gasteiger partial charge in [0, 0.05) is 19.3 Å². The van der Waals surface area contributed by atoms with Crippen molar-refractivity contribution in [1.29, 1.82) is 0 Å². The van der Waals surface area contributed by atoms with Crippen molar-refractivity contribution in [2.75, 3.05) is 13.1 Å². The molecule has 2 atom stereocenters. The lowest BCUT2D eigenvalue weighted by Crippen LogP contribution is -2.42. The number of hydrogen-bond donors (Lipinski definition) is 0. The molecule has 1 saturated heterocycles. The second-order valence-corrected chi connectivity index (χ2v) is 5.56. The molecule has 0 unspecified atom stereocenters. The van der Waals surface area contributed by atoms with Crippen molar-refractivity contribution in [2.24, 2.45) is 11.8 Å². The van der Waals surface area contributed by atoms with Gasteiger partial charge in [-0.2, -0.15) is 4.52 Å². The molecule has 3 heterocycles. The van der Waals surface area contributed by atoms with Crippen LogP contribution in [0.4, 0.5) is 0 Å². The second-order valence-electron chi connectivity index (χ2n) is 5.56. The molecule has 1 fully saturated rings. The number of rotatable bonds is 1. The quantitative estimate of drug-likeness (QED) is 0.773. The van der Waals surface area contributed by atoms with Gasteiger partial charge in [-0.1, -0.05) is 13.8 Å². The highest BCUT2D eigenvalue weighted by Gasteiger charge is 2.26. The average molecular weight is 259 g/mol. The van der Waals surface area contributed by atoms with Crippen LogP contribution in [0.3, 0.4) is 0 Å². The molecule has 0 aromatic carbocycles. The van der Waals surface area contributed by atoms with Crippen molar-refractivity contribution in [3.05, 3.63) is 23.9 Å². The summed E-state index contributed by atoms with van der Waals surface area (Å²) in [7, 11) is 0. The molecule has 0 spiro atoms. The Morgan fingerprint density at radius 1 is 1.26 bits per heavy atom. The van der Waals surface area contributed by atoms with Crippen LogP contribution in [0.25, 0.3) is 5.65 Å². The largest absolute Gasteiger partial charge is 0.338 e. The Hall–Kier alpha value is -1.98. The minimum atomic E-state index is 0.0656. The molecule has 1 aliphatic rings. The molecule has 100 valence electrons. The third-order valence-corrected chi connectivity index (χ3v) is 3.59. The normalized spacial score (nSPS) is 23.8. The van der Waals surface area contributed by atoms with Crippen LogP contribution in [0.1, 0.15) is 30.6 Å². The number of hydrogen-bond acceptors (Lipinski definition) is 4. The van der Waals surface area contributed by atoms with Gasteiger partial charge < -0.3 is 4.90 Å². The number of pyridine rings is 1. The van der Waals surface area contributed by atoms with E-state index in [4.69, 9.17) is 0 Å². The molecule has 1 aliphatic heterocycles. The Bertz CT molecular complexity index is 598. The molecule has 0 aliphatic carbocycles. The van der Waals surface area contributed by atoms with Crippen molar-refractivity contribution in [3.8, 4) is 0 Å². The Kier molecular flexibility index (Phi) is 2.93. The summed E-state index contributed by atoms with van der Waals surface area (Å²) in [6, 6.07) is 3.56. The van der Waals surface area contributed by atoms with Crippen LogP contribution >= 0.6 is 0 Å². The third kappa shape index (κ3) is 2.30. The number of aromatic nitrogens is 4. The number of carbonyl (C=O) groups is 1. The van der Waals surface area contributed by atoms with Crippen molar-refractivity contribution < 1.29 is 4.79 Å². The molecule has 0 N–H and O–H groups in total. The second kappa shape index (κ2) is 4.60. The third-order valence-electron chi connectivity index (χ3n) is 3.59. The zero-order valence-corrected chi connectivity index (χ0v) is 11.2. The fourth-order valence-electron chi connectivity index (χ4n) is 2.88. The van der Waals surface area contributed by atoms with Crippen LogP contribution in [-0.2, 0) is 0 Å². The number of likely N-dealkylation sites (tertiary alicyclic amines) is 1. The highest BCUT2D eigenvalue weighted by Crippen LogP contribution is 2.22. The van der Waals surface area contributed by atoms with Gasteiger partial charge in [0.1, 0.15) is 0 Å². The summed E-state index contributed by atoms with van der Waals surface area (Å²) < 4.78 is 1.53. The molecule has 0 radical (unpaired) electrons. The molecule has 1 amide bonds. The molecule has 2 aromatic heterocycles. The summed E-state index contributed by atoms with van der Waals surface area (Å²) in [6.45, 7) is 6.05. The minimum Gasteiger partial charge on any atom is -0.338 e. The van der Waals surface area contributed by atoms with Crippen LogP contribution in [0.15, 0.2) is 18.3 Å². The van der Waals surface area contributed by atoms with Crippen molar-refractivity contribution in [2.45, 2.75) is 20.3 Å². The Morgan fingerprint density at radius 3 is 2.74 bits per heavy atom. The summed E-state index contributed by atoms with van der Waals surface area (Å²) in [5, 5.41) is 11.2. The van der Waals surface area contributed by atoms with Gasteiger partial charge in [-0.05, 0) is 40.8 Å². The summed E-state index contributed by atoms with van der Waals surface area (Å²) in [4.78, 5) is 14.4. The van der Waals surface area contributed by atoms with Gasteiger partial charge in [0.25, 0.3) is 5.91 Å². The first kappa shape index (κ1) is 12.1. The molecule has 2 aromatic rings. The van der Waals surface area contributed by atoms with E-state index in [1.165, 1.54) is 10.9 Å². The lowest BCUT2D eigenvalue weighted by molar-refractivity contribution is 0.0622. The maximum atomic E-state index is 12.5. The summed E-state index contributed by atoms with van der Waals surface area (Å²) >= 11 is 0. The van der Waals surface area contributed by atoms with Gasteiger partial charge in [-0.15, -0.1) is 5.10 Å². The summed E-state index contributed by atoms with van der Waals surface area (Å²) in [6.07, 6.45) is 2.89.